The first-order chi connectivity index (χ1) is 5.83. The van der Waals surface area contributed by atoms with E-state index in [1.54, 1.807) is 18.5 Å². The van der Waals surface area contributed by atoms with E-state index < -0.39 is 0 Å². The number of aromatic nitrogens is 2. The van der Waals surface area contributed by atoms with Crippen molar-refractivity contribution in [3.8, 4) is 0 Å². The Balaban J connectivity index is 2.58. The summed E-state index contributed by atoms with van der Waals surface area (Å²) in [6.45, 7) is 2.11. The lowest BCUT2D eigenvalue weighted by Crippen LogP contribution is -1.87. The maximum Gasteiger partial charge on any atom is 0.151 e. The highest BCUT2D eigenvalue weighted by molar-refractivity contribution is 5.39. The van der Waals surface area contributed by atoms with Crippen molar-refractivity contribution < 1.29 is 5.11 Å². The first-order valence-corrected chi connectivity index (χ1v) is 3.89. The summed E-state index contributed by atoms with van der Waals surface area (Å²) in [5.41, 5.74) is 1.05. The third-order valence-electron chi connectivity index (χ3n) is 1.36. The predicted octanol–water partition coefficient (Wildman–Crippen LogP) is 1.18. The van der Waals surface area contributed by atoms with Crippen molar-refractivity contribution in [1.29, 1.82) is 0 Å². The Bertz CT molecular complexity index is 254. The Morgan fingerprint density at radius 3 is 2.67 bits per heavy atom. The second-order valence-corrected chi connectivity index (χ2v) is 2.53. The van der Waals surface area contributed by atoms with E-state index in [1.165, 1.54) is 0 Å². The molecule has 0 saturated carbocycles. The molecule has 0 saturated heterocycles. The van der Waals surface area contributed by atoms with E-state index in [0.29, 0.717) is 12.2 Å². The van der Waals surface area contributed by atoms with Crippen molar-refractivity contribution in [2.24, 2.45) is 0 Å². The summed E-state index contributed by atoms with van der Waals surface area (Å²) in [5.74, 6) is 0.689. The van der Waals surface area contributed by atoms with Gasteiger partial charge in [-0.3, -0.25) is 0 Å². The van der Waals surface area contributed by atoms with Crippen LogP contribution in [-0.4, -0.2) is 21.7 Å². The summed E-state index contributed by atoms with van der Waals surface area (Å²) in [6.07, 6.45) is 7.84. The molecule has 3 heteroatoms. The molecule has 1 heterocycles. The minimum absolute atomic E-state index is 0.169. The van der Waals surface area contributed by atoms with Crippen LogP contribution in [-0.2, 0) is 0 Å². The Kier molecular flexibility index (Phi) is 3.41. The highest BCUT2D eigenvalue weighted by Crippen LogP contribution is 1.96. The van der Waals surface area contributed by atoms with Gasteiger partial charge >= 0.3 is 0 Å². The first-order valence-electron chi connectivity index (χ1n) is 3.89. The fraction of sp³-hybridized carbons (Fsp3) is 0.333. The zero-order valence-corrected chi connectivity index (χ0v) is 7.07. The molecule has 0 atom stereocenters. The van der Waals surface area contributed by atoms with Crippen LogP contribution in [0.2, 0.25) is 0 Å². The van der Waals surface area contributed by atoms with Gasteiger partial charge in [0, 0.05) is 19.0 Å². The van der Waals surface area contributed by atoms with Crippen LogP contribution < -0.4 is 0 Å². The van der Waals surface area contributed by atoms with E-state index in [4.69, 9.17) is 5.11 Å². The first kappa shape index (κ1) is 8.87. The third kappa shape index (κ3) is 2.80. The van der Waals surface area contributed by atoms with Crippen LogP contribution in [0.5, 0.6) is 0 Å². The minimum Gasteiger partial charge on any atom is -0.396 e. The van der Waals surface area contributed by atoms with E-state index in [-0.39, 0.29) is 6.61 Å². The maximum absolute atomic E-state index is 8.50. The molecule has 0 bridgehead atoms. The monoisotopic (exact) mass is 164 g/mol. The van der Waals surface area contributed by atoms with E-state index in [9.17, 15) is 0 Å². The second-order valence-electron chi connectivity index (χ2n) is 2.53. The van der Waals surface area contributed by atoms with Gasteiger partial charge in [-0.1, -0.05) is 6.08 Å². The molecule has 0 aliphatic carbocycles. The van der Waals surface area contributed by atoms with Crippen LogP contribution in [0, 0.1) is 6.92 Å². The number of aliphatic hydroxyl groups excluding tert-OH is 1. The molecule has 3 nitrogen and oxygen atoms in total. The average molecular weight is 164 g/mol. The SMILES string of the molecule is Cc1cnc(/C=C/CCO)nc1. The average Bonchev–Trinajstić information content (AvgIpc) is 2.09. The molecular weight excluding hydrogens is 152 g/mol. The van der Waals surface area contributed by atoms with Crippen LogP contribution >= 0.6 is 0 Å². The molecule has 0 aliphatic rings. The van der Waals surface area contributed by atoms with Gasteiger partial charge in [0.05, 0.1) is 0 Å². The van der Waals surface area contributed by atoms with E-state index in [0.717, 1.165) is 5.56 Å². The van der Waals surface area contributed by atoms with Crippen molar-refractivity contribution in [2.75, 3.05) is 6.61 Å². The zero-order chi connectivity index (χ0) is 8.81. The lowest BCUT2D eigenvalue weighted by molar-refractivity contribution is 0.303. The number of hydrogen-bond donors (Lipinski definition) is 1. The molecule has 0 fully saturated rings. The second kappa shape index (κ2) is 4.62. The molecule has 0 aliphatic heterocycles. The molecule has 1 N–H and O–H groups in total. The Labute approximate surface area is 71.8 Å². The van der Waals surface area contributed by atoms with Gasteiger partial charge in [-0.2, -0.15) is 0 Å². The molecule has 64 valence electrons. The Morgan fingerprint density at radius 2 is 2.08 bits per heavy atom. The third-order valence-corrected chi connectivity index (χ3v) is 1.36. The maximum atomic E-state index is 8.50. The highest BCUT2D eigenvalue weighted by atomic mass is 16.2. The van der Waals surface area contributed by atoms with Gasteiger partial charge in [-0.05, 0) is 25.0 Å². The smallest absolute Gasteiger partial charge is 0.151 e. The van der Waals surface area contributed by atoms with E-state index in [2.05, 4.69) is 9.97 Å². The highest BCUT2D eigenvalue weighted by Gasteiger charge is 1.87. The van der Waals surface area contributed by atoms with Crippen molar-refractivity contribution in [3.05, 3.63) is 29.9 Å². The van der Waals surface area contributed by atoms with Crippen LogP contribution in [0.4, 0.5) is 0 Å². The van der Waals surface area contributed by atoms with E-state index >= 15 is 0 Å². The molecule has 0 spiro atoms. The minimum atomic E-state index is 0.169. The molecule has 1 aromatic rings. The van der Waals surface area contributed by atoms with E-state index in [1.807, 2.05) is 13.0 Å². The lowest BCUT2D eigenvalue weighted by atomic mass is 10.3. The zero-order valence-electron chi connectivity index (χ0n) is 7.07. The molecule has 0 radical (unpaired) electrons. The summed E-state index contributed by atoms with van der Waals surface area (Å²) in [5, 5.41) is 8.50. The largest absolute Gasteiger partial charge is 0.396 e. The molecule has 0 amide bonds. The van der Waals surface area contributed by atoms with Crippen LogP contribution in [0.25, 0.3) is 6.08 Å². The standard InChI is InChI=1S/C9H12N2O/c1-8-6-10-9(11-7-8)4-2-3-5-12/h2,4,6-7,12H,3,5H2,1H3/b4-2+. The predicted molar refractivity (Wildman–Crippen MR) is 47.5 cm³/mol. The molecule has 0 aromatic carbocycles. The Morgan fingerprint density at radius 1 is 1.42 bits per heavy atom. The van der Waals surface area contributed by atoms with Crippen molar-refractivity contribution in [3.63, 3.8) is 0 Å². The van der Waals surface area contributed by atoms with Crippen LogP contribution in [0.3, 0.4) is 0 Å². The van der Waals surface area contributed by atoms with Gasteiger partial charge in [0.2, 0.25) is 0 Å². The van der Waals surface area contributed by atoms with Gasteiger partial charge in [-0.15, -0.1) is 0 Å². The summed E-state index contributed by atoms with van der Waals surface area (Å²) in [4.78, 5) is 8.14. The number of rotatable bonds is 3. The summed E-state index contributed by atoms with van der Waals surface area (Å²) in [7, 11) is 0. The number of aliphatic hydroxyl groups is 1. The molecule has 12 heavy (non-hydrogen) atoms. The number of aryl methyl sites for hydroxylation is 1. The van der Waals surface area contributed by atoms with Gasteiger partial charge in [0.25, 0.3) is 0 Å². The van der Waals surface area contributed by atoms with Crippen molar-refractivity contribution in [1.82, 2.24) is 9.97 Å². The summed E-state index contributed by atoms with van der Waals surface area (Å²) in [6, 6.07) is 0. The molecule has 1 aromatic heterocycles. The fourth-order valence-corrected chi connectivity index (χ4v) is 0.752. The summed E-state index contributed by atoms with van der Waals surface area (Å²) >= 11 is 0. The summed E-state index contributed by atoms with van der Waals surface area (Å²) < 4.78 is 0. The van der Waals surface area contributed by atoms with Crippen LogP contribution in [0.15, 0.2) is 18.5 Å². The quantitative estimate of drug-likeness (QED) is 0.729. The van der Waals surface area contributed by atoms with Crippen molar-refractivity contribution in [2.45, 2.75) is 13.3 Å². The van der Waals surface area contributed by atoms with Gasteiger partial charge in [-0.25, -0.2) is 9.97 Å². The van der Waals surface area contributed by atoms with Crippen LogP contribution in [0.1, 0.15) is 17.8 Å². The van der Waals surface area contributed by atoms with Gasteiger partial charge < -0.3 is 5.11 Å². The lowest BCUT2D eigenvalue weighted by Gasteiger charge is -1.91. The molecular formula is C9H12N2O. The topological polar surface area (TPSA) is 46.0 Å². The Hall–Kier alpha value is -1.22. The number of nitrogens with zero attached hydrogens (tertiary/aromatic N) is 2. The van der Waals surface area contributed by atoms with Crippen molar-refractivity contribution >= 4 is 6.08 Å². The molecule has 0 unspecified atom stereocenters. The normalized spacial score (nSPS) is 10.8. The molecule has 1 rings (SSSR count). The van der Waals surface area contributed by atoms with Gasteiger partial charge in [0.1, 0.15) is 0 Å². The number of hydrogen-bond acceptors (Lipinski definition) is 3. The fourth-order valence-electron chi connectivity index (χ4n) is 0.752. The van der Waals surface area contributed by atoms with Gasteiger partial charge in [0.15, 0.2) is 5.82 Å².